The number of hydrogen-bond acceptors (Lipinski definition) is 8. The van der Waals surface area contributed by atoms with Gasteiger partial charge in [-0.05, 0) is 31.9 Å². The second-order valence-electron chi connectivity index (χ2n) is 6.84. The normalized spacial score (nSPS) is 18.7. The molecule has 162 valence electrons. The Kier molecular flexibility index (Phi) is 7.10. The Morgan fingerprint density at radius 2 is 2.07 bits per heavy atom. The van der Waals surface area contributed by atoms with Crippen molar-refractivity contribution in [2.75, 3.05) is 13.7 Å². The molecule has 0 spiro atoms. The average Bonchev–Trinajstić information content (AvgIpc) is 3.25. The SMILES string of the molecule is COC(=O)[C@@H]1CCCN1P(=O)(OCc1cnc(C)c(O)c1CO)Oc1ccccc1. The van der Waals surface area contributed by atoms with Gasteiger partial charge in [0.15, 0.2) is 0 Å². The van der Waals surface area contributed by atoms with Crippen molar-refractivity contribution in [2.24, 2.45) is 0 Å². The van der Waals surface area contributed by atoms with Gasteiger partial charge in [-0.25, -0.2) is 4.57 Å². The third kappa shape index (κ3) is 4.65. The van der Waals surface area contributed by atoms with Crippen molar-refractivity contribution in [1.82, 2.24) is 9.65 Å². The van der Waals surface area contributed by atoms with Crippen LogP contribution in [-0.4, -0.2) is 45.5 Å². The molecule has 0 bridgehead atoms. The van der Waals surface area contributed by atoms with E-state index in [1.165, 1.54) is 18.0 Å². The topological polar surface area (TPSA) is 118 Å². The van der Waals surface area contributed by atoms with Gasteiger partial charge in [-0.3, -0.25) is 14.3 Å². The smallest absolute Gasteiger partial charge is 0.462 e. The first kappa shape index (κ1) is 22.2. The fourth-order valence-electron chi connectivity index (χ4n) is 3.32. The summed E-state index contributed by atoms with van der Waals surface area (Å²) in [5, 5.41) is 19.8. The summed E-state index contributed by atoms with van der Waals surface area (Å²) >= 11 is 0. The zero-order chi connectivity index (χ0) is 21.7. The lowest BCUT2D eigenvalue weighted by Crippen LogP contribution is -2.36. The molecule has 1 fully saturated rings. The largest absolute Gasteiger partial charge is 0.506 e. The first-order valence-corrected chi connectivity index (χ1v) is 11.0. The van der Waals surface area contributed by atoms with Gasteiger partial charge in [0.05, 0.1) is 26.0 Å². The van der Waals surface area contributed by atoms with E-state index in [1.54, 1.807) is 37.3 Å². The number of pyridine rings is 1. The number of para-hydroxylation sites is 1. The lowest BCUT2D eigenvalue weighted by molar-refractivity contribution is -0.144. The molecule has 1 aromatic heterocycles. The number of methoxy groups -OCH3 is 1. The van der Waals surface area contributed by atoms with Crippen LogP contribution in [0.15, 0.2) is 36.5 Å². The van der Waals surface area contributed by atoms with Crippen LogP contribution in [-0.2, 0) is 31.8 Å². The fraction of sp³-hybridized carbons (Fsp3) is 0.400. The summed E-state index contributed by atoms with van der Waals surface area (Å²) in [5.74, 6) is -0.340. The zero-order valence-corrected chi connectivity index (χ0v) is 17.7. The molecule has 1 unspecified atom stereocenters. The Hall–Kier alpha value is -2.45. The number of aliphatic hydroxyl groups excluding tert-OH is 1. The van der Waals surface area contributed by atoms with Gasteiger partial charge in [0.1, 0.15) is 17.5 Å². The van der Waals surface area contributed by atoms with Crippen LogP contribution in [0, 0.1) is 6.92 Å². The molecule has 1 aromatic carbocycles. The number of carbonyl (C=O) groups is 1. The number of esters is 1. The number of aliphatic hydroxyl groups is 1. The molecule has 2 N–H and O–H groups in total. The highest BCUT2D eigenvalue weighted by Gasteiger charge is 2.46. The number of aromatic hydroxyl groups is 1. The molecule has 10 heteroatoms. The third-order valence-electron chi connectivity index (χ3n) is 4.95. The van der Waals surface area contributed by atoms with Crippen LogP contribution in [0.1, 0.15) is 29.7 Å². The Balaban J connectivity index is 1.91. The Morgan fingerprint density at radius 1 is 1.33 bits per heavy atom. The van der Waals surface area contributed by atoms with Crippen molar-refractivity contribution in [2.45, 2.75) is 39.0 Å². The molecule has 9 nitrogen and oxygen atoms in total. The number of nitrogens with zero attached hydrogens (tertiary/aromatic N) is 2. The van der Waals surface area contributed by atoms with Gasteiger partial charge >= 0.3 is 13.7 Å². The van der Waals surface area contributed by atoms with E-state index in [2.05, 4.69) is 4.98 Å². The molecule has 0 aliphatic carbocycles. The van der Waals surface area contributed by atoms with E-state index in [-0.39, 0.29) is 17.9 Å². The third-order valence-corrected chi connectivity index (χ3v) is 6.95. The van der Waals surface area contributed by atoms with Crippen LogP contribution in [0.3, 0.4) is 0 Å². The minimum atomic E-state index is -3.99. The van der Waals surface area contributed by atoms with E-state index in [9.17, 15) is 19.6 Å². The van der Waals surface area contributed by atoms with E-state index in [0.29, 0.717) is 36.4 Å². The maximum Gasteiger partial charge on any atom is 0.462 e. The van der Waals surface area contributed by atoms with Gasteiger partial charge in [-0.1, -0.05) is 18.2 Å². The molecule has 2 atom stereocenters. The van der Waals surface area contributed by atoms with Crippen LogP contribution in [0.25, 0.3) is 0 Å². The van der Waals surface area contributed by atoms with Crippen molar-refractivity contribution in [3.05, 3.63) is 53.3 Å². The maximum absolute atomic E-state index is 13.9. The van der Waals surface area contributed by atoms with Gasteiger partial charge < -0.3 is 19.5 Å². The van der Waals surface area contributed by atoms with Gasteiger partial charge in [-0.2, -0.15) is 4.67 Å². The molecule has 3 rings (SSSR count). The summed E-state index contributed by atoms with van der Waals surface area (Å²) in [6, 6.07) is 7.77. The quantitative estimate of drug-likeness (QED) is 0.476. The summed E-state index contributed by atoms with van der Waals surface area (Å²) in [4.78, 5) is 16.3. The summed E-state index contributed by atoms with van der Waals surface area (Å²) in [6.45, 7) is 1.25. The molecular formula is C20H25N2O7P. The van der Waals surface area contributed by atoms with Crippen molar-refractivity contribution in [1.29, 1.82) is 0 Å². The summed E-state index contributed by atoms with van der Waals surface area (Å²) < 4.78 is 31.6. The zero-order valence-electron chi connectivity index (χ0n) is 16.9. The molecule has 1 aliphatic heterocycles. The Morgan fingerprint density at radius 3 is 2.73 bits per heavy atom. The van der Waals surface area contributed by atoms with Crippen molar-refractivity contribution in [3.8, 4) is 11.5 Å². The second-order valence-corrected chi connectivity index (χ2v) is 8.74. The monoisotopic (exact) mass is 436 g/mol. The standard InChI is InChI=1S/C20H25N2O7P/c1-14-19(24)17(12-23)15(11-21-14)13-28-30(26,29-16-7-4-3-5-8-16)22-10-6-9-18(22)20(25)27-2/h3-5,7-8,11,18,23-24H,6,9-10,12-13H2,1-2H3/t18-,30?/m0/s1. The van der Waals surface area contributed by atoms with Crippen molar-refractivity contribution < 1.29 is 33.4 Å². The van der Waals surface area contributed by atoms with Gasteiger partial charge in [-0.15, -0.1) is 0 Å². The summed E-state index contributed by atoms with van der Waals surface area (Å²) in [6.07, 6.45) is 2.53. The minimum Gasteiger partial charge on any atom is -0.506 e. The highest BCUT2D eigenvalue weighted by Crippen LogP contribution is 2.56. The molecule has 30 heavy (non-hydrogen) atoms. The number of hydrogen-bond donors (Lipinski definition) is 2. The Labute approximate surface area is 174 Å². The van der Waals surface area contributed by atoms with Crippen LogP contribution in [0.4, 0.5) is 0 Å². The lowest BCUT2D eigenvalue weighted by Gasteiger charge is -2.30. The molecule has 0 radical (unpaired) electrons. The van der Waals surface area contributed by atoms with E-state index in [0.717, 1.165) is 0 Å². The predicted octanol–water partition coefficient (Wildman–Crippen LogP) is 2.93. The van der Waals surface area contributed by atoms with E-state index >= 15 is 0 Å². The number of aryl methyl sites for hydroxylation is 1. The number of rotatable bonds is 8. The van der Waals surface area contributed by atoms with Gasteiger partial charge in [0.2, 0.25) is 0 Å². The first-order valence-electron chi connectivity index (χ1n) is 9.51. The van der Waals surface area contributed by atoms with E-state index < -0.39 is 26.4 Å². The molecule has 0 amide bonds. The average molecular weight is 436 g/mol. The molecule has 0 saturated carbocycles. The number of aromatic nitrogens is 1. The van der Waals surface area contributed by atoms with Crippen molar-refractivity contribution >= 4 is 13.7 Å². The summed E-state index contributed by atoms with van der Waals surface area (Å²) in [5.41, 5.74) is 0.961. The molecule has 1 saturated heterocycles. The lowest BCUT2D eigenvalue weighted by atomic mass is 10.1. The van der Waals surface area contributed by atoms with E-state index in [1.807, 2.05) is 0 Å². The fourth-order valence-corrected chi connectivity index (χ4v) is 5.26. The Bertz CT molecular complexity index is 938. The molecule has 2 aromatic rings. The van der Waals surface area contributed by atoms with Gasteiger partial charge in [0, 0.05) is 23.9 Å². The first-order chi connectivity index (χ1) is 14.4. The minimum absolute atomic E-state index is 0.147. The molecular weight excluding hydrogens is 411 g/mol. The van der Waals surface area contributed by atoms with E-state index in [4.69, 9.17) is 13.8 Å². The highest BCUT2D eigenvalue weighted by molar-refractivity contribution is 7.51. The highest BCUT2D eigenvalue weighted by atomic mass is 31.2. The van der Waals surface area contributed by atoms with Crippen molar-refractivity contribution in [3.63, 3.8) is 0 Å². The molecule has 1 aliphatic rings. The predicted molar refractivity (Wildman–Crippen MR) is 108 cm³/mol. The van der Waals surface area contributed by atoms with Crippen LogP contribution in [0.5, 0.6) is 11.5 Å². The van der Waals surface area contributed by atoms with Crippen LogP contribution >= 0.6 is 7.75 Å². The van der Waals surface area contributed by atoms with Gasteiger partial charge in [0.25, 0.3) is 0 Å². The van der Waals surface area contributed by atoms with Crippen LogP contribution in [0.2, 0.25) is 0 Å². The maximum atomic E-state index is 13.9. The number of carbonyl (C=O) groups excluding carboxylic acids is 1. The molecule has 2 heterocycles. The summed E-state index contributed by atoms with van der Waals surface area (Å²) in [7, 11) is -2.72. The number of ether oxygens (including phenoxy) is 1. The number of benzene rings is 1. The van der Waals surface area contributed by atoms with Crippen LogP contribution < -0.4 is 4.52 Å². The second kappa shape index (κ2) is 9.57.